The first kappa shape index (κ1) is 21.5. The number of sulfonamides is 1. The van der Waals surface area contributed by atoms with E-state index >= 15 is 0 Å². The third-order valence-electron chi connectivity index (χ3n) is 3.78. The number of aryl methyl sites for hydroxylation is 1. The first-order valence-corrected chi connectivity index (χ1v) is 9.93. The molecule has 0 heterocycles. The van der Waals surface area contributed by atoms with Crippen LogP contribution in [0.2, 0.25) is 0 Å². The van der Waals surface area contributed by atoms with Gasteiger partial charge in [-0.15, -0.1) is 0 Å². The average molecular weight is 412 g/mol. The summed E-state index contributed by atoms with van der Waals surface area (Å²) in [6.45, 7) is 3.20. The summed E-state index contributed by atoms with van der Waals surface area (Å²) >= 11 is 0. The van der Waals surface area contributed by atoms with Gasteiger partial charge >= 0.3 is 6.18 Å². The minimum atomic E-state index is -4.45. The number of hydrogen-bond acceptors (Lipinski definition) is 3. The van der Waals surface area contributed by atoms with E-state index in [0.717, 1.165) is 18.2 Å². The third-order valence-corrected chi connectivity index (χ3v) is 5.07. The van der Waals surface area contributed by atoms with E-state index in [1.54, 1.807) is 13.0 Å². The van der Waals surface area contributed by atoms with Gasteiger partial charge in [-0.25, -0.2) is 8.42 Å². The number of carbonyl (C=O) groups excluding carboxylic acids is 1. The van der Waals surface area contributed by atoms with Crippen LogP contribution >= 0.6 is 0 Å². The Morgan fingerprint density at radius 1 is 1.14 bits per heavy atom. The molecule has 0 bridgehead atoms. The van der Waals surface area contributed by atoms with Crippen molar-refractivity contribution in [2.75, 3.05) is 15.8 Å². The van der Waals surface area contributed by atoms with Gasteiger partial charge < -0.3 is 5.32 Å². The second-order valence-corrected chi connectivity index (χ2v) is 7.99. The number of halogens is 3. The lowest BCUT2D eigenvalue weighted by Gasteiger charge is -2.11. The van der Waals surface area contributed by atoms with E-state index in [4.69, 9.17) is 0 Å². The second kappa shape index (κ2) is 8.47. The van der Waals surface area contributed by atoms with Gasteiger partial charge in [0.05, 0.1) is 17.0 Å². The van der Waals surface area contributed by atoms with E-state index in [-0.39, 0.29) is 11.3 Å². The fourth-order valence-electron chi connectivity index (χ4n) is 2.27. The second-order valence-electron chi connectivity index (χ2n) is 5.98. The molecule has 150 valence electrons. The van der Waals surface area contributed by atoms with E-state index in [2.05, 4.69) is 10.0 Å². The Kier molecular flexibility index (Phi) is 6.50. The van der Waals surface area contributed by atoms with Crippen LogP contribution in [0.4, 0.5) is 24.5 Å². The number of anilines is 2. The maximum Gasteiger partial charge on any atom is 0.416 e. The monoisotopic (exact) mass is 412 g/mol. The quantitative estimate of drug-likeness (QED) is 0.690. The van der Waals surface area contributed by atoms with Crippen LogP contribution in [0.1, 0.15) is 23.6 Å². The van der Waals surface area contributed by atoms with Gasteiger partial charge in [-0.2, -0.15) is 13.2 Å². The molecule has 0 spiro atoms. The highest BCUT2D eigenvalue weighted by Crippen LogP contribution is 2.29. The van der Waals surface area contributed by atoms with Gasteiger partial charge in [0.25, 0.3) is 0 Å². The Hall–Kier alpha value is -2.81. The fraction of sp³-hybridized carbons (Fsp3) is 0.211. The van der Waals surface area contributed by atoms with Gasteiger partial charge in [0.1, 0.15) is 0 Å². The predicted molar refractivity (Wildman–Crippen MR) is 103 cm³/mol. The number of amides is 1. The molecular formula is C19H19F3N2O3S. The zero-order valence-corrected chi connectivity index (χ0v) is 16.0. The van der Waals surface area contributed by atoms with Crippen molar-refractivity contribution < 1.29 is 26.4 Å². The molecule has 0 unspecified atom stereocenters. The highest BCUT2D eigenvalue weighted by molar-refractivity contribution is 7.92. The van der Waals surface area contributed by atoms with Crippen LogP contribution < -0.4 is 10.0 Å². The molecule has 2 N–H and O–H groups in total. The van der Waals surface area contributed by atoms with Crippen LogP contribution in [0.3, 0.4) is 0 Å². The van der Waals surface area contributed by atoms with E-state index in [0.29, 0.717) is 16.9 Å². The van der Waals surface area contributed by atoms with E-state index < -0.39 is 27.7 Å². The number of rotatable bonds is 6. The van der Waals surface area contributed by atoms with E-state index in [1.807, 2.05) is 0 Å². The normalized spacial score (nSPS) is 12.2. The zero-order valence-electron chi connectivity index (χ0n) is 15.2. The van der Waals surface area contributed by atoms with E-state index in [9.17, 15) is 26.4 Å². The number of hydrogen-bond donors (Lipinski definition) is 2. The van der Waals surface area contributed by atoms with Crippen LogP contribution in [0, 0.1) is 6.92 Å². The van der Waals surface area contributed by atoms with E-state index in [1.165, 1.54) is 37.3 Å². The number of carbonyl (C=O) groups is 1. The Morgan fingerprint density at radius 2 is 1.86 bits per heavy atom. The van der Waals surface area contributed by atoms with Crippen LogP contribution in [0.15, 0.2) is 48.5 Å². The third kappa shape index (κ3) is 6.12. The summed E-state index contributed by atoms with van der Waals surface area (Å²) in [5, 5.41) is 2.58. The number of alkyl halides is 3. The first-order valence-electron chi connectivity index (χ1n) is 8.27. The lowest BCUT2D eigenvalue weighted by molar-refractivity contribution is -0.137. The molecule has 0 aliphatic carbocycles. The van der Waals surface area contributed by atoms with Crippen molar-refractivity contribution in [1.82, 2.24) is 0 Å². The minimum Gasteiger partial charge on any atom is -0.323 e. The number of benzene rings is 2. The highest BCUT2D eigenvalue weighted by Gasteiger charge is 2.30. The fourth-order valence-corrected chi connectivity index (χ4v) is 2.98. The minimum absolute atomic E-state index is 0.0642. The summed E-state index contributed by atoms with van der Waals surface area (Å²) < 4.78 is 63.8. The highest BCUT2D eigenvalue weighted by atomic mass is 32.2. The topological polar surface area (TPSA) is 75.3 Å². The molecule has 0 fully saturated rings. The van der Waals surface area contributed by atoms with Crippen LogP contribution in [-0.4, -0.2) is 20.1 Å². The summed E-state index contributed by atoms with van der Waals surface area (Å²) in [5.41, 5.74) is 0.882. The molecule has 2 aromatic rings. The molecule has 0 atom stereocenters. The van der Waals surface area contributed by atoms with Crippen LogP contribution in [0.5, 0.6) is 0 Å². The molecule has 2 rings (SSSR count). The maximum atomic E-state index is 12.7. The van der Waals surface area contributed by atoms with Gasteiger partial charge in [-0.1, -0.05) is 12.1 Å². The van der Waals surface area contributed by atoms with Crippen molar-refractivity contribution >= 4 is 33.4 Å². The Balaban J connectivity index is 2.07. The Bertz CT molecular complexity index is 1000. The van der Waals surface area contributed by atoms with Crippen LogP contribution in [0.25, 0.3) is 6.08 Å². The van der Waals surface area contributed by atoms with Gasteiger partial charge in [-0.05, 0) is 61.4 Å². The van der Waals surface area contributed by atoms with Crippen molar-refractivity contribution in [3.05, 3.63) is 65.2 Å². The first-order chi connectivity index (χ1) is 13.0. The molecule has 28 heavy (non-hydrogen) atoms. The standard InChI is InChI=1S/C19H19F3N2O3S/c1-3-28(26,27)24-17-9-8-16(11-13(17)2)23-18(25)10-7-14-5-4-6-15(12-14)19(20,21)22/h4-12,24H,3H2,1-2H3,(H,23,25). The smallest absolute Gasteiger partial charge is 0.323 e. The summed E-state index contributed by atoms with van der Waals surface area (Å²) in [4.78, 5) is 12.0. The molecular weight excluding hydrogens is 393 g/mol. The lowest BCUT2D eigenvalue weighted by atomic mass is 10.1. The molecule has 0 aliphatic heterocycles. The van der Waals surface area contributed by atoms with Crippen molar-refractivity contribution in [1.29, 1.82) is 0 Å². The van der Waals surface area contributed by atoms with Gasteiger partial charge in [-0.3, -0.25) is 9.52 Å². The average Bonchev–Trinajstić information content (AvgIpc) is 2.62. The van der Waals surface area contributed by atoms with Crippen molar-refractivity contribution in [2.24, 2.45) is 0 Å². The summed E-state index contributed by atoms with van der Waals surface area (Å²) in [6.07, 6.45) is -2.05. The van der Waals surface area contributed by atoms with Gasteiger partial charge in [0.2, 0.25) is 15.9 Å². The maximum absolute atomic E-state index is 12.7. The summed E-state index contributed by atoms with van der Waals surface area (Å²) in [7, 11) is -3.41. The summed E-state index contributed by atoms with van der Waals surface area (Å²) in [6, 6.07) is 9.25. The molecule has 0 aromatic heterocycles. The van der Waals surface area contributed by atoms with Crippen LogP contribution in [-0.2, 0) is 21.0 Å². The Morgan fingerprint density at radius 3 is 2.46 bits per heavy atom. The molecule has 1 amide bonds. The van der Waals surface area contributed by atoms with Crippen molar-refractivity contribution in [3.63, 3.8) is 0 Å². The van der Waals surface area contributed by atoms with Crippen molar-refractivity contribution in [2.45, 2.75) is 20.0 Å². The lowest BCUT2D eigenvalue weighted by Crippen LogP contribution is -2.15. The molecule has 9 heteroatoms. The zero-order chi connectivity index (χ0) is 20.9. The van der Waals surface area contributed by atoms with Gasteiger partial charge in [0.15, 0.2) is 0 Å². The molecule has 0 saturated heterocycles. The number of nitrogens with one attached hydrogen (secondary N) is 2. The molecule has 0 radical (unpaired) electrons. The molecule has 0 saturated carbocycles. The molecule has 2 aromatic carbocycles. The Labute approximate surface area is 161 Å². The van der Waals surface area contributed by atoms with Crippen molar-refractivity contribution in [3.8, 4) is 0 Å². The molecule has 0 aliphatic rings. The SMILES string of the molecule is CCS(=O)(=O)Nc1ccc(NC(=O)C=Cc2cccc(C(F)(F)F)c2)cc1C. The van der Waals surface area contributed by atoms with Gasteiger partial charge in [0, 0.05) is 11.8 Å². The predicted octanol–water partition coefficient (Wildman–Crippen LogP) is 4.43. The largest absolute Gasteiger partial charge is 0.416 e. The summed E-state index contributed by atoms with van der Waals surface area (Å²) in [5.74, 6) is -0.593. The molecule has 5 nitrogen and oxygen atoms in total.